The van der Waals surface area contributed by atoms with Crippen LogP contribution in [0.25, 0.3) is 0 Å². The van der Waals surface area contributed by atoms with E-state index in [1.807, 2.05) is 37.3 Å². The molecule has 0 fully saturated rings. The third-order valence-corrected chi connectivity index (χ3v) is 4.08. The lowest BCUT2D eigenvalue weighted by Gasteiger charge is -2.18. The van der Waals surface area contributed by atoms with Crippen molar-refractivity contribution in [1.82, 2.24) is 15.1 Å². The average Bonchev–Trinajstić information content (AvgIpc) is 2.81. The molecule has 2 unspecified atom stereocenters. The highest BCUT2D eigenvalue weighted by atomic mass is 16.6. The topological polar surface area (TPSA) is 90.1 Å². The average molecular weight is 330 g/mol. The van der Waals surface area contributed by atoms with Crippen LogP contribution in [0.3, 0.4) is 0 Å². The highest BCUT2D eigenvalue weighted by molar-refractivity contribution is 5.78. The van der Waals surface area contributed by atoms with Gasteiger partial charge in [0.25, 0.3) is 0 Å². The monoisotopic (exact) mass is 330 g/mol. The molecule has 2 rings (SSSR count). The zero-order valence-electron chi connectivity index (χ0n) is 14.3. The fourth-order valence-electron chi connectivity index (χ4n) is 2.65. The number of aromatic nitrogens is 2. The van der Waals surface area contributed by atoms with Gasteiger partial charge in [-0.25, -0.2) is 0 Å². The van der Waals surface area contributed by atoms with Crippen LogP contribution in [0, 0.1) is 29.9 Å². The van der Waals surface area contributed by atoms with E-state index in [-0.39, 0.29) is 23.6 Å². The van der Waals surface area contributed by atoms with Gasteiger partial charge in [0, 0.05) is 0 Å². The fourth-order valence-corrected chi connectivity index (χ4v) is 2.65. The van der Waals surface area contributed by atoms with Crippen molar-refractivity contribution in [3.63, 3.8) is 0 Å². The second kappa shape index (κ2) is 7.25. The number of hydrogen-bond acceptors (Lipinski definition) is 4. The molecule has 1 amide bonds. The van der Waals surface area contributed by atoms with Crippen molar-refractivity contribution in [2.45, 2.75) is 40.3 Å². The molecule has 1 N–H and O–H groups in total. The maximum Gasteiger partial charge on any atom is 0.312 e. The summed E-state index contributed by atoms with van der Waals surface area (Å²) in [5.41, 5.74) is 1.87. The molecule has 1 aromatic heterocycles. The smallest absolute Gasteiger partial charge is 0.312 e. The minimum absolute atomic E-state index is 0.0141. The van der Waals surface area contributed by atoms with Crippen molar-refractivity contribution in [2.24, 2.45) is 5.92 Å². The van der Waals surface area contributed by atoms with E-state index < -0.39 is 4.92 Å². The number of nitro groups is 1. The van der Waals surface area contributed by atoms with Crippen molar-refractivity contribution < 1.29 is 9.72 Å². The first-order valence-corrected chi connectivity index (χ1v) is 7.85. The van der Waals surface area contributed by atoms with Crippen LogP contribution >= 0.6 is 0 Å². The minimum Gasteiger partial charge on any atom is -0.349 e. The molecule has 0 bridgehead atoms. The number of rotatable bonds is 6. The Morgan fingerprint density at radius 2 is 1.92 bits per heavy atom. The van der Waals surface area contributed by atoms with Crippen molar-refractivity contribution in [1.29, 1.82) is 0 Å². The van der Waals surface area contributed by atoms with Crippen LogP contribution in [-0.2, 0) is 11.3 Å². The molecule has 0 spiro atoms. The first kappa shape index (κ1) is 17.7. The van der Waals surface area contributed by atoms with Crippen LogP contribution < -0.4 is 5.32 Å². The van der Waals surface area contributed by atoms with Crippen molar-refractivity contribution >= 4 is 11.6 Å². The Labute approximate surface area is 140 Å². The Balaban J connectivity index is 2.04. The summed E-state index contributed by atoms with van der Waals surface area (Å²) in [6, 6.07) is 9.60. The molecule has 2 atom stereocenters. The number of hydrogen-bond donors (Lipinski definition) is 1. The molecule has 1 heterocycles. The lowest BCUT2D eigenvalue weighted by molar-refractivity contribution is -0.386. The van der Waals surface area contributed by atoms with Gasteiger partial charge in [-0.2, -0.15) is 5.10 Å². The lowest BCUT2D eigenvalue weighted by atomic mass is 10.1. The maximum atomic E-state index is 12.4. The Kier molecular flexibility index (Phi) is 5.33. The largest absolute Gasteiger partial charge is 0.349 e. The van der Waals surface area contributed by atoms with Crippen LogP contribution in [0.1, 0.15) is 36.8 Å². The predicted molar refractivity (Wildman–Crippen MR) is 90.5 cm³/mol. The quantitative estimate of drug-likeness (QED) is 0.651. The van der Waals surface area contributed by atoms with E-state index >= 15 is 0 Å². The number of carbonyl (C=O) groups excluding carboxylic acids is 1. The molecule has 2 aromatic rings. The molecule has 7 nitrogen and oxygen atoms in total. The maximum absolute atomic E-state index is 12.4. The van der Waals surface area contributed by atoms with Crippen LogP contribution in [0.15, 0.2) is 30.3 Å². The van der Waals surface area contributed by atoms with Gasteiger partial charge in [0.15, 0.2) is 0 Å². The van der Waals surface area contributed by atoms with Crippen LogP contribution in [0.2, 0.25) is 0 Å². The summed E-state index contributed by atoms with van der Waals surface area (Å²) in [4.78, 5) is 23.0. The van der Waals surface area contributed by atoms with E-state index in [2.05, 4.69) is 10.4 Å². The second-order valence-corrected chi connectivity index (χ2v) is 6.00. The van der Waals surface area contributed by atoms with Crippen LogP contribution in [-0.4, -0.2) is 20.6 Å². The minimum atomic E-state index is -0.434. The normalized spacial score (nSPS) is 13.3. The van der Waals surface area contributed by atoms with Gasteiger partial charge < -0.3 is 5.32 Å². The molecular formula is C17H22N4O3. The van der Waals surface area contributed by atoms with Gasteiger partial charge in [-0.3, -0.25) is 19.6 Å². The summed E-state index contributed by atoms with van der Waals surface area (Å²) >= 11 is 0. The molecule has 24 heavy (non-hydrogen) atoms. The fraction of sp³-hybridized carbons (Fsp3) is 0.412. The Morgan fingerprint density at radius 3 is 2.46 bits per heavy atom. The summed E-state index contributed by atoms with van der Waals surface area (Å²) in [5.74, 6) is -0.463. The third kappa shape index (κ3) is 3.79. The molecule has 0 radical (unpaired) electrons. The van der Waals surface area contributed by atoms with Crippen molar-refractivity contribution in [2.75, 3.05) is 0 Å². The number of benzene rings is 1. The highest BCUT2D eigenvalue weighted by Crippen LogP contribution is 2.22. The Morgan fingerprint density at radius 1 is 1.29 bits per heavy atom. The van der Waals surface area contributed by atoms with E-state index in [9.17, 15) is 14.9 Å². The third-order valence-electron chi connectivity index (χ3n) is 4.08. The van der Waals surface area contributed by atoms with Crippen molar-refractivity contribution in [3.05, 3.63) is 57.4 Å². The molecule has 1 aromatic carbocycles. The van der Waals surface area contributed by atoms with Gasteiger partial charge in [0.05, 0.1) is 23.4 Å². The van der Waals surface area contributed by atoms with Gasteiger partial charge in [0.2, 0.25) is 5.91 Å². The van der Waals surface area contributed by atoms with Crippen LogP contribution in [0.4, 0.5) is 5.69 Å². The van der Waals surface area contributed by atoms with E-state index in [1.54, 1.807) is 20.8 Å². The van der Waals surface area contributed by atoms with Gasteiger partial charge >= 0.3 is 5.69 Å². The molecule has 7 heteroatoms. The van der Waals surface area contributed by atoms with Gasteiger partial charge in [-0.05, 0) is 26.3 Å². The number of carbonyl (C=O) groups is 1. The number of nitrogens with one attached hydrogen (secondary N) is 1. The summed E-state index contributed by atoms with van der Waals surface area (Å²) < 4.78 is 1.53. The van der Waals surface area contributed by atoms with Crippen LogP contribution in [0.5, 0.6) is 0 Å². The summed E-state index contributed by atoms with van der Waals surface area (Å²) in [7, 11) is 0. The SMILES string of the molecule is Cc1nn(CC(C)C(=O)NC(C)c2ccccc2)c(C)c1[N+](=O)[O-]. The van der Waals surface area contributed by atoms with E-state index in [0.29, 0.717) is 17.9 Å². The Hall–Kier alpha value is -2.70. The second-order valence-electron chi connectivity index (χ2n) is 6.00. The van der Waals surface area contributed by atoms with Gasteiger partial charge in [-0.15, -0.1) is 0 Å². The molecule has 0 aliphatic heterocycles. The van der Waals surface area contributed by atoms with E-state index in [1.165, 1.54) is 4.68 Å². The van der Waals surface area contributed by atoms with Gasteiger partial charge in [0.1, 0.15) is 11.4 Å². The predicted octanol–water partition coefficient (Wildman–Crippen LogP) is 2.92. The molecule has 0 aliphatic carbocycles. The first-order chi connectivity index (χ1) is 11.3. The number of aryl methyl sites for hydroxylation is 1. The zero-order chi connectivity index (χ0) is 17.9. The van der Waals surface area contributed by atoms with E-state index in [0.717, 1.165) is 5.56 Å². The molecule has 0 aliphatic rings. The number of amides is 1. The summed E-state index contributed by atoms with van der Waals surface area (Å²) in [6.07, 6.45) is 0. The Bertz CT molecular complexity index is 740. The number of nitrogens with zero attached hydrogens (tertiary/aromatic N) is 3. The summed E-state index contributed by atoms with van der Waals surface area (Å²) in [5, 5.41) is 18.2. The summed E-state index contributed by atoms with van der Waals surface area (Å²) in [6.45, 7) is 7.26. The molecule has 128 valence electrons. The molecular weight excluding hydrogens is 308 g/mol. The molecule has 0 saturated heterocycles. The van der Waals surface area contributed by atoms with Gasteiger partial charge in [-0.1, -0.05) is 37.3 Å². The highest BCUT2D eigenvalue weighted by Gasteiger charge is 2.24. The standard InChI is InChI=1S/C17H22N4O3/c1-11(10-20-14(4)16(21(23)24)13(3)19-20)17(22)18-12(2)15-8-6-5-7-9-15/h5-9,11-12H,10H2,1-4H3,(H,18,22). The first-order valence-electron chi connectivity index (χ1n) is 7.85. The molecule has 0 saturated carbocycles. The van der Waals surface area contributed by atoms with E-state index in [4.69, 9.17) is 0 Å². The van der Waals surface area contributed by atoms with Crippen molar-refractivity contribution in [3.8, 4) is 0 Å². The zero-order valence-corrected chi connectivity index (χ0v) is 14.3. The lowest BCUT2D eigenvalue weighted by Crippen LogP contribution is -2.33.